The summed E-state index contributed by atoms with van der Waals surface area (Å²) in [5.41, 5.74) is 0. The minimum atomic E-state index is 0. The number of nitrogens with zero attached hydrogens (tertiary/aromatic N) is 2. The van der Waals surface area contributed by atoms with E-state index in [2.05, 4.69) is 55.4 Å². The maximum absolute atomic E-state index is 2.34. The molecule has 0 amide bonds. The second kappa shape index (κ2) is 39.0. The lowest BCUT2D eigenvalue weighted by atomic mass is 10.1. The number of quaternary nitrogens is 2. The fourth-order valence-corrected chi connectivity index (χ4v) is 6.81. The van der Waals surface area contributed by atoms with Crippen LogP contribution < -0.4 is 0 Å². The Hall–Kier alpha value is -0.160. The number of unbranched alkanes of at least 4 members (excludes halogenated alkanes) is 16. The van der Waals surface area contributed by atoms with Gasteiger partial charge >= 0.3 is 0 Å². The van der Waals surface area contributed by atoms with Gasteiger partial charge in [0.2, 0.25) is 0 Å². The maximum Gasteiger partial charge on any atom is 0.0786 e. The van der Waals surface area contributed by atoms with Gasteiger partial charge in [0.15, 0.2) is 0 Å². The predicted molar refractivity (Wildman–Crippen MR) is 200 cm³/mol. The van der Waals surface area contributed by atoms with E-state index < -0.39 is 0 Å². The first kappa shape index (κ1) is 50.7. The van der Waals surface area contributed by atoms with Crippen LogP contribution in [0.5, 0.6) is 0 Å². The first-order valence-corrected chi connectivity index (χ1v) is 20.2. The molecule has 0 aliphatic rings. The van der Waals surface area contributed by atoms with Gasteiger partial charge in [-0.05, 0) is 77.0 Å². The summed E-state index contributed by atoms with van der Waals surface area (Å²) < 4.78 is 2.88. The smallest absolute Gasteiger partial charge is 0.0786 e. The van der Waals surface area contributed by atoms with Gasteiger partial charge in [0, 0.05) is 0 Å². The number of rotatable bonds is 32. The zero-order chi connectivity index (χ0) is 31.6. The van der Waals surface area contributed by atoms with Crippen LogP contribution in [0.4, 0.5) is 0 Å². The fourth-order valence-electron chi connectivity index (χ4n) is 6.81. The Morgan fingerprint density at radius 1 is 0.205 bits per heavy atom. The van der Waals surface area contributed by atoms with Crippen LogP contribution in [-0.4, -0.2) is 72.3 Å². The Morgan fingerprint density at radius 2 is 0.364 bits per heavy atom. The lowest BCUT2D eigenvalue weighted by Gasteiger charge is -2.39. The molecule has 0 heterocycles. The third-order valence-corrected chi connectivity index (χ3v) is 9.89. The van der Waals surface area contributed by atoms with Crippen molar-refractivity contribution in [2.24, 2.45) is 0 Å². The van der Waals surface area contributed by atoms with Gasteiger partial charge in [-0.25, -0.2) is 0 Å². The lowest BCUT2D eigenvalue weighted by molar-refractivity contribution is -0.929. The summed E-state index contributed by atoms with van der Waals surface area (Å²) in [4.78, 5) is 0. The second-order valence-corrected chi connectivity index (χ2v) is 14.1. The Balaban J connectivity index is -0.000000371. The first-order valence-electron chi connectivity index (χ1n) is 20.2. The molecule has 0 spiro atoms. The predicted octanol–water partition coefficient (Wildman–Crippen LogP) is 12.8. The van der Waals surface area contributed by atoms with Gasteiger partial charge in [0.25, 0.3) is 0 Å². The van der Waals surface area contributed by atoms with Crippen LogP contribution in [0.1, 0.15) is 209 Å². The molecule has 44 heavy (non-hydrogen) atoms. The molecule has 0 aliphatic heterocycles. The molecule has 0 saturated heterocycles. The van der Waals surface area contributed by atoms with Gasteiger partial charge in [-0.3, -0.25) is 0 Å². The molecule has 272 valence electrons. The van der Waals surface area contributed by atoms with E-state index in [9.17, 15) is 0 Å². The van der Waals surface area contributed by atoms with Gasteiger partial charge in [0.05, 0.1) is 52.4 Å². The van der Waals surface area contributed by atoms with E-state index in [0.717, 1.165) is 0 Å². The molecule has 2 N–H and O–H groups in total. The van der Waals surface area contributed by atoms with Crippen LogP contribution in [0, 0.1) is 0 Å². The highest BCUT2D eigenvalue weighted by atomic mass is 16.0. The largest absolute Gasteiger partial charge is 0.870 e. The molecule has 0 rings (SSSR count). The molecule has 4 nitrogen and oxygen atoms in total. The van der Waals surface area contributed by atoms with Gasteiger partial charge in [0.1, 0.15) is 0 Å². The first-order chi connectivity index (χ1) is 20.5. The maximum atomic E-state index is 2.34. The normalized spacial score (nSPS) is 11.5. The Bertz CT molecular complexity index is 409. The van der Waals surface area contributed by atoms with Gasteiger partial charge in [-0.2, -0.15) is 0 Å². The monoisotopic (exact) mass is 631 g/mol. The molecule has 0 radical (unpaired) electrons. The van der Waals surface area contributed by atoms with Gasteiger partial charge in [-0.1, -0.05) is 132 Å². The minimum Gasteiger partial charge on any atom is -0.870 e. The Morgan fingerprint density at radius 3 is 0.523 bits per heavy atom. The zero-order valence-corrected chi connectivity index (χ0v) is 32.4. The summed E-state index contributed by atoms with van der Waals surface area (Å²) in [5.74, 6) is 0. The topological polar surface area (TPSA) is 60.0 Å². The molecule has 0 saturated carbocycles. The average molecular weight is 631 g/mol. The average Bonchev–Trinajstić information content (AvgIpc) is 3.01. The van der Waals surface area contributed by atoms with Crippen molar-refractivity contribution in [1.82, 2.24) is 0 Å². The second-order valence-electron chi connectivity index (χ2n) is 14.1. The van der Waals surface area contributed by atoms with Crippen molar-refractivity contribution in [1.29, 1.82) is 0 Å². The van der Waals surface area contributed by atoms with E-state index in [0.29, 0.717) is 0 Å². The van der Waals surface area contributed by atoms with Crippen molar-refractivity contribution >= 4 is 0 Å². The molecule has 0 aliphatic carbocycles. The van der Waals surface area contributed by atoms with Crippen molar-refractivity contribution < 1.29 is 19.9 Å². The van der Waals surface area contributed by atoms with Crippen LogP contribution in [0.25, 0.3) is 0 Å². The summed E-state index contributed by atoms with van der Waals surface area (Å²) in [6.07, 6.45) is 33.9. The Kier molecular flexibility index (Phi) is 45.0. The van der Waals surface area contributed by atoms with Crippen molar-refractivity contribution in [3.63, 3.8) is 0 Å². The van der Waals surface area contributed by atoms with E-state index in [4.69, 9.17) is 0 Å². The molecule has 0 fully saturated rings. The highest BCUT2D eigenvalue weighted by Crippen LogP contribution is 2.20. The lowest BCUT2D eigenvalue weighted by Crippen LogP contribution is -2.50. The molecule has 0 aromatic heterocycles. The molecular formula is C40H90N2O2. The SMILES string of the molecule is CCCCCC[N+](CCCCCC)(CCCCCC)CCCCCC.CCCC[N+](CCCC)(CCCC)CCCC.[OH-].[OH-]. The highest BCUT2D eigenvalue weighted by molar-refractivity contribution is 4.54. The van der Waals surface area contributed by atoms with E-state index in [-0.39, 0.29) is 11.0 Å². The van der Waals surface area contributed by atoms with Crippen molar-refractivity contribution in [3.05, 3.63) is 0 Å². The number of hydrogen-bond acceptors (Lipinski definition) is 2. The van der Waals surface area contributed by atoms with E-state index >= 15 is 0 Å². The van der Waals surface area contributed by atoms with Crippen molar-refractivity contribution in [2.75, 3.05) is 52.4 Å². The Labute approximate surface area is 281 Å². The molecule has 0 atom stereocenters. The summed E-state index contributed by atoms with van der Waals surface area (Å²) in [6, 6.07) is 0. The fraction of sp³-hybridized carbons (Fsp3) is 1.00. The number of hydrogen-bond donors (Lipinski definition) is 0. The van der Waals surface area contributed by atoms with Crippen LogP contribution >= 0.6 is 0 Å². The third kappa shape index (κ3) is 30.5. The summed E-state index contributed by atoms with van der Waals surface area (Å²) >= 11 is 0. The molecule has 0 bridgehead atoms. The molecule has 0 aromatic rings. The standard InChI is InChI=1S/C24H52N.C16H36N.2H2O/c1-5-9-13-17-21-25(22-18-14-10-6-2,23-19-15-11-7-3)24-20-16-12-8-4;1-5-9-13-17(14-10-6-2,15-11-7-3)16-12-8-4;;/h5-24H2,1-4H3;5-16H2,1-4H3;2*1H2/q2*+1;;/p-2. The van der Waals surface area contributed by atoms with Gasteiger partial charge in [-0.15, -0.1) is 0 Å². The molecule has 0 unspecified atom stereocenters. The summed E-state index contributed by atoms with van der Waals surface area (Å²) in [6.45, 7) is 30.2. The molecular weight excluding hydrogens is 540 g/mol. The quantitative estimate of drug-likeness (QED) is 0.0548. The van der Waals surface area contributed by atoms with Crippen molar-refractivity contribution in [3.8, 4) is 0 Å². The summed E-state index contributed by atoms with van der Waals surface area (Å²) in [7, 11) is 0. The van der Waals surface area contributed by atoms with E-state index in [1.54, 1.807) is 0 Å². The van der Waals surface area contributed by atoms with E-state index in [1.807, 2.05) is 0 Å². The summed E-state index contributed by atoms with van der Waals surface area (Å²) in [5, 5.41) is 0. The van der Waals surface area contributed by atoms with E-state index in [1.165, 1.54) is 215 Å². The zero-order valence-electron chi connectivity index (χ0n) is 32.4. The third-order valence-electron chi connectivity index (χ3n) is 9.89. The highest BCUT2D eigenvalue weighted by Gasteiger charge is 2.26. The molecule has 4 heteroatoms. The van der Waals surface area contributed by atoms with Crippen LogP contribution in [-0.2, 0) is 0 Å². The van der Waals surface area contributed by atoms with Crippen molar-refractivity contribution in [2.45, 2.75) is 209 Å². The van der Waals surface area contributed by atoms with Crippen LogP contribution in [0.3, 0.4) is 0 Å². The molecule has 0 aromatic carbocycles. The minimum absolute atomic E-state index is 0. The van der Waals surface area contributed by atoms with Crippen LogP contribution in [0.15, 0.2) is 0 Å². The van der Waals surface area contributed by atoms with Crippen LogP contribution in [0.2, 0.25) is 0 Å². The van der Waals surface area contributed by atoms with Gasteiger partial charge < -0.3 is 19.9 Å².